The van der Waals surface area contributed by atoms with Gasteiger partial charge in [-0.2, -0.15) is 27.8 Å². The quantitative estimate of drug-likeness (QED) is 0.631. The molecular formula is C15H15F4N7O2. The molecule has 0 aromatic carbocycles. The first kappa shape index (κ1) is 18.4. The van der Waals surface area contributed by atoms with Crippen LogP contribution in [0.25, 0.3) is 16.9 Å². The van der Waals surface area contributed by atoms with Crippen LogP contribution >= 0.6 is 0 Å². The summed E-state index contributed by atoms with van der Waals surface area (Å²) < 4.78 is 63.1. The van der Waals surface area contributed by atoms with Crippen molar-refractivity contribution in [2.45, 2.75) is 24.8 Å². The molecule has 2 atom stereocenters. The molecule has 0 radical (unpaired) electrons. The Morgan fingerprint density at radius 1 is 1.36 bits per heavy atom. The largest absolute Gasteiger partial charge is 0.466 e. The normalized spacial score (nSPS) is 20.4. The smallest absolute Gasteiger partial charge is 0.422 e. The average Bonchev–Trinajstić information content (AvgIpc) is 3.30. The standard InChI is InChI=1S/C15H15F4N7O2/c16-9-6-27-2-1-10(9)23-14-24-11-5-20-12(8-3-21-22-4-8)13(26(11)25-14)28-7-15(17,18)19/h3-5,9-10H,1-2,6-7H2,(H,21,22)(H,23,25)/t9-,10+/m1/s1. The molecule has 4 heterocycles. The fraction of sp³-hybridized carbons (Fsp3) is 0.467. The summed E-state index contributed by atoms with van der Waals surface area (Å²) in [5, 5.41) is 13.3. The summed E-state index contributed by atoms with van der Waals surface area (Å²) in [5.41, 5.74) is 0.670. The summed E-state index contributed by atoms with van der Waals surface area (Å²) in [5.74, 6) is -0.196. The number of nitrogens with zero attached hydrogens (tertiary/aromatic N) is 5. The van der Waals surface area contributed by atoms with E-state index in [-0.39, 0.29) is 29.8 Å². The molecule has 28 heavy (non-hydrogen) atoms. The number of H-pyrrole nitrogens is 1. The van der Waals surface area contributed by atoms with Crippen molar-refractivity contribution in [1.29, 1.82) is 0 Å². The second kappa shape index (κ2) is 7.22. The highest BCUT2D eigenvalue weighted by molar-refractivity contribution is 5.65. The Kier molecular flexibility index (Phi) is 4.75. The molecule has 0 aliphatic carbocycles. The number of hydrogen-bond acceptors (Lipinski definition) is 7. The van der Waals surface area contributed by atoms with Crippen LogP contribution in [0.15, 0.2) is 18.6 Å². The van der Waals surface area contributed by atoms with E-state index in [1.807, 2.05) is 0 Å². The molecule has 2 N–H and O–H groups in total. The number of anilines is 1. The lowest BCUT2D eigenvalue weighted by Gasteiger charge is -2.26. The Hall–Kier alpha value is -2.96. The maximum Gasteiger partial charge on any atom is 0.422 e. The minimum Gasteiger partial charge on any atom is -0.466 e. The van der Waals surface area contributed by atoms with Gasteiger partial charge in [-0.15, -0.1) is 5.10 Å². The van der Waals surface area contributed by atoms with Crippen LogP contribution in [-0.4, -0.2) is 68.0 Å². The molecule has 3 aromatic rings. The van der Waals surface area contributed by atoms with Gasteiger partial charge in [0.2, 0.25) is 11.8 Å². The molecule has 1 saturated heterocycles. The lowest BCUT2D eigenvalue weighted by atomic mass is 10.1. The molecular weight excluding hydrogens is 386 g/mol. The van der Waals surface area contributed by atoms with E-state index in [1.165, 1.54) is 18.6 Å². The number of ether oxygens (including phenoxy) is 2. The van der Waals surface area contributed by atoms with Gasteiger partial charge in [0, 0.05) is 18.4 Å². The SMILES string of the molecule is F[C@@H]1COCC[C@@H]1Nc1nc2cnc(-c3cn[nH]c3)c(OCC(F)(F)F)n2n1. The zero-order valence-corrected chi connectivity index (χ0v) is 14.3. The van der Waals surface area contributed by atoms with Crippen LogP contribution in [0.5, 0.6) is 5.88 Å². The summed E-state index contributed by atoms with van der Waals surface area (Å²) in [4.78, 5) is 8.28. The van der Waals surface area contributed by atoms with Gasteiger partial charge in [0.05, 0.1) is 25.0 Å². The number of nitrogens with one attached hydrogen (secondary N) is 2. The third-order valence-electron chi connectivity index (χ3n) is 4.08. The minimum absolute atomic E-state index is 0.0445. The maximum atomic E-state index is 13.9. The van der Waals surface area contributed by atoms with Crippen molar-refractivity contribution in [3.63, 3.8) is 0 Å². The van der Waals surface area contributed by atoms with E-state index in [1.54, 1.807) is 0 Å². The number of aromatic amines is 1. The Balaban J connectivity index is 1.70. The predicted octanol–water partition coefficient (Wildman–Crippen LogP) is 1.99. The van der Waals surface area contributed by atoms with E-state index in [2.05, 4.69) is 30.6 Å². The van der Waals surface area contributed by atoms with E-state index in [4.69, 9.17) is 9.47 Å². The fourth-order valence-electron chi connectivity index (χ4n) is 2.79. The molecule has 1 aliphatic rings. The molecule has 13 heteroatoms. The summed E-state index contributed by atoms with van der Waals surface area (Å²) in [6, 6.07) is -0.563. The van der Waals surface area contributed by atoms with Crippen molar-refractivity contribution < 1.29 is 27.0 Å². The Morgan fingerprint density at radius 2 is 2.21 bits per heavy atom. The van der Waals surface area contributed by atoms with Crippen molar-refractivity contribution >= 4 is 11.6 Å². The van der Waals surface area contributed by atoms with Crippen LogP contribution in [0.2, 0.25) is 0 Å². The predicted molar refractivity (Wildman–Crippen MR) is 87.7 cm³/mol. The summed E-state index contributed by atoms with van der Waals surface area (Å²) in [6.07, 6.45) is -1.21. The van der Waals surface area contributed by atoms with Crippen molar-refractivity contribution in [3.05, 3.63) is 18.6 Å². The van der Waals surface area contributed by atoms with Gasteiger partial charge in [-0.1, -0.05) is 0 Å². The van der Waals surface area contributed by atoms with Gasteiger partial charge in [0.25, 0.3) is 0 Å². The van der Waals surface area contributed by atoms with Crippen LogP contribution in [0.1, 0.15) is 6.42 Å². The van der Waals surface area contributed by atoms with Gasteiger partial charge in [-0.3, -0.25) is 5.10 Å². The van der Waals surface area contributed by atoms with Gasteiger partial charge in [0.15, 0.2) is 12.3 Å². The van der Waals surface area contributed by atoms with Gasteiger partial charge < -0.3 is 14.8 Å². The number of rotatable bonds is 5. The molecule has 4 rings (SSSR count). The Morgan fingerprint density at radius 3 is 2.93 bits per heavy atom. The van der Waals surface area contributed by atoms with Gasteiger partial charge in [-0.05, 0) is 6.42 Å². The summed E-state index contributed by atoms with van der Waals surface area (Å²) in [6.45, 7) is -1.19. The van der Waals surface area contributed by atoms with E-state index >= 15 is 0 Å². The van der Waals surface area contributed by atoms with Crippen molar-refractivity contribution in [2.75, 3.05) is 25.1 Å². The van der Waals surface area contributed by atoms with Crippen LogP contribution in [0.3, 0.4) is 0 Å². The molecule has 0 amide bonds. The highest BCUT2D eigenvalue weighted by atomic mass is 19.4. The number of alkyl halides is 4. The summed E-state index contributed by atoms with van der Waals surface area (Å²) >= 11 is 0. The number of aromatic nitrogens is 6. The molecule has 1 aliphatic heterocycles. The first-order chi connectivity index (χ1) is 13.4. The van der Waals surface area contributed by atoms with Gasteiger partial charge in [0.1, 0.15) is 11.9 Å². The summed E-state index contributed by atoms with van der Waals surface area (Å²) in [7, 11) is 0. The lowest BCUT2D eigenvalue weighted by Crippen LogP contribution is -2.39. The zero-order chi connectivity index (χ0) is 19.7. The molecule has 1 fully saturated rings. The second-order valence-electron chi connectivity index (χ2n) is 6.14. The zero-order valence-electron chi connectivity index (χ0n) is 14.3. The lowest BCUT2D eigenvalue weighted by molar-refractivity contribution is -0.154. The highest BCUT2D eigenvalue weighted by Crippen LogP contribution is 2.29. The number of fused-ring (bicyclic) bond motifs is 1. The molecule has 0 unspecified atom stereocenters. The first-order valence-electron chi connectivity index (χ1n) is 8.33. The second-order valence-corrected chi connectivity index (χ2v) is 6.14. The molecule has 150 valence electrons. The van der Waals surface area contributed by atoms with E-state index in [0.29, 0.717) is 18.6 Å². The number of hydrogen-bond donors (Lipinski definition) is 2. The van der Waals surface area contributed by atoms with Crippen molar-refractivity contribution in [2.24, 2.45) is 0 Å². The fourth-order valence-corrected chi connectivity index (χ4v) is 2.79. The average molecular weight is 401 g/mol. The van der Waals surface area contributed by atoms with Crippen LogP contribution in [0, 0.1) is 0 Å². The minimum atomic E-state index is -4.55. The Bertz CT molecular complexity index is 944. The third-order valence-corrected chi connectivity index (χ3v) is 4.08. The third kappa shape index (κ3) is 3.83. The Labute approximate surface area is 155 Å². The van der Waals surface area contributed by atoms with Gasteiger partial charge >= 0.3 is 6.18 Å². The first-order valence-corrected chi connectivity index (χ1v) is 8.33. The molecule has 0 spiro atoms. The van der Waals surface area contributed by atoms with E-state index < -0.39 is 25.0 Å². The van der Waals surface area contributed by atoms with Crippen molar-refractivity contribution in [3.8, 4) is 17.1 Å². The number of halogens is 4. The molecule has 0 saturated carbocycles. The van der Waals surface area contributed by atoms with E-state index in [0.717, 1.165) is 4.52 Å². The monoisotopic (exact) mass is 401 g/mol. The van der Waals surface area contributed by atoms with Crippen molar-refractivity contribution in [1.82, 2.24) is 29.8 Å². The van der Waals surface area contributed by atoms with Gasteiger partial charge in [-0.25, -0.2) is 9.37 Å². The maximum absolute atomic E-state index is 13.9. The van der Waals surface area contributed by atoms with Crippen LogP contribution in [-0.2, 0) is 4.74 Å². The molecule has 9 nitrogen and oxygen atoms in total. The molecule has 3 aromatic heterocycles. The highest BCUT2D eigenvalue weighted by Gasteiger charge is 2.31. The van der Waals surface area contributed by atoms with Crippen LogP contribution < -0.4 is 10.1 Å². The molecule has 0 bridgehead atoms. The topological polar surface area (TPSA) is 102 Å². The van der Waals surface area contributed by atoms with Crippen LogP contribution in [0.4, 0.5) is 23.5 Å². The van der Waals surface area contributed by atoms with E-state index in [9.17, 15) is 17.6 Å².